The van der Waals surface area contributed by atoms with Crippen LogP contribution in [0.25, 0.3) is 0 Å². The fraction of sp³-hybridized carbons (Fsp3) is 0.368. The minimum Gasteiger partial charge on any atom is -0.435 e. The normalized spacial score (nSPS) is 11.5. The van der Waals surface area contributed by atoms with Gasteiger partial charge in [-0.1, -0.05) is 18.2 Å². The van der Waals surface area contributed by atoms with E-state index in [1.807, 2.05) is 44.0 Å². The summed E-state index contributed by atoms with van der Waals surface area (Å²) in [5.74, 6) is 0.904. The highest BCUT2D eigenvalue weighted by Crippen LogP contribution is 2.15. The number of pyridine rings is 1. The van der Waals surface area contributed by atoms with E-state index < -0.39 is 6.61 Å². The van der Waals surface area contributed by atoms with Crippen molar-refractivity contribution in [3.63, 3.8) is 0 Å². The molecule has 2 aromatic rings. The summed E-state index contributed by atoms with van der Waals surface area (Å²) in [6.07, 6.45) is 0. The van der Waals surface area contributed by atoms with Crippen LogP contribution in [-0.2, 0) is 13.1 Å². The van der Waals surface area contributed by atoms with E-state index in [1.54, 1.807) is 12.1 Å². The second-order valence-corrected chi connectivity index (χ2v) is 5.82. The van der Waals surface area contributed by atoms with Gasteiger partial charge in [0.15, 0.2) is 5.96 Å². The number of nitrogens with zero attached hydrogens (tertiary/aromatic N) is 3. The van der Waals surface area contributed by atoms with Crippen molar-refractivity contribution >= 4 is 5.96 Å². The maximum atomic E-state index is 12.2. The quantitative estimate of drug-likeness (QED) is 0.604. The zero-order valence-electron chi connectivity index (χ0n) is 15.2. The average Bonchev–Trinajstić information content (AvgIpc) is 2.60. The Labute approximate surface area is 152 Å². The van der Waals surface area contributed by atoms with E-state index in [0.717, 1.165) is 29.5 Å². The number of ether oxygens (including phenoxy) is 1. The number of guanidine groups is 1. The first-order valence-corrected chi connectivity index (χ1v) is 8.43. The summed E-state index contributed by atoms with van der Waals surface area (Å²) in [7, 11) is 1.93. The topological polar surface area (TPSA) is 49.8 Å². The van der Waals surface area contributed by atoms with E-state index in [0.29, 0.717) is 13.1 Å². The summed E-state index contributed by atoms with van der Waals surface area (Å²) in [5, 5.41) is 3.25. The van der Waals surface area contributed by atoms with Gasteiger partial charge in [-0.05, 0) is 43.7 Å². The molecule has 0 aliphatic heterocycles. The summed E-state index contributed by atoms with van der Waals surface area (Å²) in [6.45, 7) is 2.95. The van der Waals surface area contributed by atoms with Crippen LogP contribution in [0.5, 0.6) is 5.75 Å². The highest BCUT2D eigenvalue weighted by molar-refractivity contribution is 5.79. The molecule has 1 N–H and O–H groups in total. The van der Waals surface area contributed by atoms with Gasteiger partial charge in [0, 0.05) is 25.8 Å². The first-order valence-electron chi connectivity index (χ1n) is 8.43. The molecule has 0 amide bonds. The van der Waals surface area contributed by atoms with Crippen LogP contribution >= 0.6 is 0 Å². The molecular weight excluding hydrogens is 338 g/mol. The Morgan fingerprint density at radius 1 is 1.23 bits per heavy atom. The van der Waals surface area contributed by atoms with Crippen molar-refractivity contribution in [1.29, 1.82) is 0 Å². The van der Waals surface area contributed by atoms with Crippen molar-refractivity contribution in [1.82, 2.24) is 15.2 Å². The molecule has 0 saturated heterocycles. The molecule has 1 aromatic heterocycles. The first kappa shape index (κ1) is 19.6. The highest BCUT2D eigenvalue weighted by atomic mass is 19.3. The number of hydrogen-bond acceptors (Lipinski definition) is 3. The number of aryl methyl sites for hydroxylation is 1. The molecular formula is C19H24F2N4O. The monoisotopic (exact) mass is 362 g/mol. The molecule has 1 heterocycles. The Balaban J connectivity index is 2.02. The molecule has 140 valence electrons. The molecule has 0 aliphatic carbocycles. The van der Waals surface area contributed by atoms with Crippen molar-refractivity contribution in [3.8, 4) is 5.75 Å². The molecule has 0 aliphatic rings. The third-order valence-corrected chi connectivity index (χ3v) is 3.60. The van der Waals surface area contributed by atoms with Crippen LogP contribution < -0.4 is 10.1 Å². The van der Waals surface area contributed by atoms with Crippen molar-refractivity contribution in [2.75, 3.05) is 13.6 Å². The number of hydrogen-bond donors (Lipinski definition) is 1. The maximum absolute atomic E-state index is 12.2. The third-order valence-electron chi connectivity index (χ3n) is 3.60. The zero-order valence-corrected chi connectivity index (χ0v) is 15.2. The third kappa shape index (κ3) is 6.31. The van der Waals surface area contributed by atoms with Gasteiger partial charge in [0.25, 0.3) is 0 Å². The molecule has 0 saturated carbocycles. The van der Waals surface area contributed by atoms with Crippen LogP contribution in [0.1, 0.15) is 23.9 Å². The summed E-state index contributed by atoms with van der Waals surface area (Å²) in [6, 6.07) is 12.5. The number of nitrogens with one attached hydrogen (secondary N) is 1. The SMILES string of the molecule is CCNC(=NCc1cccc(C)n1)N(C)Cc1ccc(OC(F)F)cc1. The fourth-order valence-corrected chi connectivity index (χ4v) is 2.44. The Bertz CT molecular complexity index is 720. The number of aliphatic imine (C=N–C) groups is 1. The Hall–Kier alpha value is -2.70. The molecule has 1 aromatic carbocycles. The minimum atomic E-state index is -2.81. The molecule has 5 nitrogen and oxygen atoms in total. The standard InChI is InChI=1S/C19H24F2N4O/c1-4-22-19(23-12-16-7-5-6-14(2)24-16)25(3)13-15-8-10-17(11-9-15)26-18(20)21/h5-11,18H,4,12-13H2,1-3H3,(H,22,23). The van der Waals surface area contributed by atoms with E-state index in [2.05, 4.69) is 20.0 Å². The molecule has 26 heavy (non-hydrogen) atoms. The van der Waals surface area contributed by atoms with Crippen LogP contribution in [0.3, 0.4) is 0 Å². The van der Waals surface area contributed by atoms with Crippen molar-refractivity contribution in [2.24, 2.45) is 4.99 Å². The van der Waals surface area contributed by atoms with E-state index in [9.17, 15) is 8.78 Å². The molecule has 2 rings (SSSR count). The summed E-state index contributed by atoms with van der Waals surface area (Å²) >= 11 is 0. The Morgan fingerprint density at radius 2 is 1.96 bits per heavy atom. The van der Waals surface area contributed by atoms with E-state index in [4.69, 9.17) is 0 Å². The van der Waals surface area contributed by atoms with Crippen LogP contribution in [0, 0.1) is 6.92 Å². The van der Waals surface area contributed by atoms with Crippen LogP contribution in [0.15, 0.2) is 47.5 Å². The van der Waals surface area contributed by atoms with Crippen molar-refractivity contribution in [2.45, 2.75) is 33.5 Å². The Kier molecular flexibility index (Phi) is 7.32. The minimum absolute atomic E-state index is 0.150. The van der Waals surface area contributed by atoms with E-state index in [1.165, 1.54) is 12.1 Å². The van der Waals surface area contributed by atoms with Crippen molar-refractivity contribution < 1.29 is 13.5 Å². The number of alkyl halides is 2. The summed E-state index contributed by atoms with van der Waals surface area (Å²) < 4.78 is 28.8. The lowest BCUT2D eigenvalue weighted by atomic mass is 10.2. The van der Waals surface area contributed by atoms with Gasteiger partial charge in [-0.15, -0.1) is 0 Å². The van der Waals surface area contributed by atoms with Gasteiger partial charge in [0.05, 0.1) is 12.2 Å². The molecule has 0 radical (unpaired) electrons. The maximum Gasteiger partial charge on any atom is 0.387 e. The van der Waals surface area contributed by atoms with Gasteiger partial charge >= 0.3 is 6.61 Å². The lowest BCUT2D eigenvalue weighted by Gasteiger charge is -2.22. The number of halogens is 2. The van der Waals surface area contributed by atoms with Crippen LogP contribution in [0.4, 0.5) is 8.78 Å². The van der Waals surface area contributed by atoms with Gasteiger partial charge in [-0.25, -0.2) is 4.99 Å². The molecule has 0 atom stereocenters. The molecule has 0 fully saturated rings. The van der Waals surface area contributed by atoms with Crippen LogP contribution in [0.2, 0.25) is 0 Å². The van der Waals surface area contributed by atoms with Gasteiger partial charge in [0.2, 0.25) is 0 Å². The predicted molar refractivity (Wildman–Crippen MR) is 98.3 cm³/mol. The summed E-state index contributed by atoms with van der Waals surface area (Å²) in [5.41, 5.74) is 2.83. The molecule has 0 spiro atoms. The lowest BCUT2D eigenvalue weighted by molar-refractivity contribution is -0.0498. The number of aromatic nitrogens is 1. The van der Waals surface area contributed by atoms with Gasteiger partial charge in [-0.2, -0.15) is 8.78 Å². The molecule has 7 heteroatoms. The number of benzene rings is 1. The lowest BCUT2D eigenvalue weighted by Crippen LogP contribution is -2.38. The predicted octanol–water partition coefficient (Wildman–Crippen LogP) is 3.59. The largest absolute Gasteiger partial charge is 0.435 e. The van der Waals surface area contributed by atoms with Gasteiger partial charge in [-0.3, -0.25) is 4.98 Å². The highest BCUT2D eigenvalue weighted by Gasteiger charge is 2.08. The molecule has 0 bridgehead atoms. The first-order chi connectivity index (χ1) is 12.5. The Morgan fingerprint density at radius 3 is 2.58 bits per heavy atom. The van der Waals surface area contributed by atoms with Crippen molar-refractivity contribution in [3.05, 3.63) is 59.4 Å². The molecule has 0 unspecified atom stereocenters. The van der Waals surface area contributed by atoms with Crippen LogP contribution in [-0.4, -0.2) is 36.0 Å². The zero-order chi connectivity index (χ0) is 18.9. The summed E-state index contributed by atoms with van der Waals surface area (Å²) in [4.78, 5) is 11.1. The van der Waals surface area contributed by atoms with Gasteiger partial charge < -0.3 is 15.0 Å². The fourth-order valence-electron chi connectivity index (χ4n) is 2.44. The smallest absolute Gasteiger partial charge is 0.387 e. The van der Waals surface area contributed by atoms with Gasteiger partial charge in [0.1, 0.15) is 5.75 Å². The van der Waals surface area contributed by atoms with E-state index in [-0.39, 0.29) is 5.75 Å². The van der Waals surface area contributed by atoms with E-state index >= 15 is 0 Å². The average molecular weight is 362 g/mol. The second-order valence-electron chi connectivity index (χ2n) is 5.82. The second kappa shape index (κ2) is 9.70. The number of rotatable bonds is 7.